The van der Waals surface area contributed by atoms with Crippen LogP contribution in [0.25, 0.3) is 0 Å². The van der Waals surface area contributed by atoms with Gasteiger partial charge < -0.3 is 11.5 Å². The molecule has 0 spiro atoms. The van der Waals surface area contributed by atoms with Crippen LogP contribution >= 0.6 is 12.4 Å². The molecular formula is C2H10ClFeN2Na. The topological polar surface area (TPSA) is 52.0 Å². The van der Waals surface area contributed by atoms with Crippen LogP contribution in [0.2, 0.25) is 0 Å². The molecular weight excluding hydrogens is 166 g/mol. The summed E-state index contributed by atoms with van der Waals surface area (Å²) in [6, 6.07) is 0. The van der Waals surface area contributed by atoms with Crippen molar-refractivity contribution in [3.05, 3.63) is 0 Å². The molecule has 0 aromatic rings. The molecule has 7 heavy (non-hydrogen) atoms. The molecule has 0 aliphatic carbocycles. The minimum absolute atomic E-state index is 0. The van der Waals surface area contributed by atoms with Crippen LogP contribution in [-0.2, 0) is 17.1 Å². The molecule has 0 aliphatic heterocycles. The Morgan fingerprint density at radius 2 is 1.14 bits per heavy atom. The van der Waals surface area contributed by atoms with E-state index in [2.05, 4.69) is 0 Å². The molecule has 0 aromatic heterocycles. The van der Waals surface area contributed by atoms with Gasteiger partial charge in [0, 0.05) is 30.2 Å². The summed E-state index contributed by atoms with van der Waals surface area (Å²) in [4.78, 5) is 0. The summed E-state index contributed by atoms with van der Waals surface area (Å²) >= 11 is 0. The Balaban J connectivity index is -0.0000000150. The zero-order valence-corrected chi connectivity index (χ0v) is 5.25. The molecule has 0 saturated carbocycles. The van der Waals surface area contributed by atoms with Crippen molar-refractivity contribution in [1.82, 2.24) is 0 Å². The van der Waals surface area contributed by atoms with Crippen LogP contribution in [0.1, 0.15) is 0 Å². The number of rotatable bonds is 1. The third-order valence-electron chi connectivity index (χ3n) is 0.167. The quantitative estimate of drug-likeness (QED) is 0.487. The fourth-order valence-corrected chi connectivity index (χ4v) is 0. The molecule has 0 bridgehead atoms. The third kappa shape index (κ3) is 34.1. The first-order valence-electron chi connectivity index (χ1n) is 1.32. The summed E-state index contributed by atoms with van der Waals surface area (Å²) in [7, 11) is 0. The van der Waals surface area contributed by atoms with E-state index in [1.54, 1.807) is 0 Å². The minimum atomic E-state index is 0. The normalized spacial score (nSPS) is 4.29. The zero-order valence-electron chi connectivity index (χ0n) is 3.33. The second-order valence-corrected chi connectivity index (χ2v) is 0.577. The molecule has 0 heterocycles. The van der Waals surface area contributed by atoms with Gasteiger partial charge in [-0.25, -0.2) is 0 Å². The Morgan fingerprint density at radius 3 is 1.14 bits per heavy atom. The number of hydrogen-bond donors (Lipinski definition) is 2. The van der Waals surface area contributed by atoms with Gasteiger partial charge in [-0.2, -0.15) is 0 Å². The van der Waals surface area contributed by atoms with Crippen LogP contribution in [0, 0.1) is 0 Å². The van der Waals surface area contributed by atoms with E-state index < -0.39 is 0 Å². The fraction of sp³-hybridized carbons (Fsp3) is 1.00. The zero-order chi connectivity index (χ0) is 3.41. The predicted octanol–water partition coefficient (Wildman–Crippen LogP) is -1.33. The second-order valence-electron chi connectivity index (χ2n) is 0.577. The average molecular weight is 176 g/mol. The van der Waals surface area contributed by atoms with Gasteiger partial charge in [0.1, 0.15) is 0 Å². The second kappa shape index (κ2) is 25.2. The van der Waals surface area contributed by atoms with Crippen LogP contribution in [0.3, 0.4) is 0 Å². The molecule has 4 N–H and O–H groups in total. The summed E-state index contributed by atoms with van der Waals surface area (Å²) in [6.45, 7) is 1.19. The van der Waals surface area contributed by atoms with Crippen LogP contribution in [0.5, 0.6) is 0 Å². The molecule has 0 aliphatic rings. The predicted molar refractivity (Wildman–Crippen MR) is 32.5 cm³/mol. The average Bonchev–Trinajstić information content (AvgIpc) is 1.37. The first-order chi connectivity index (χ1) is 1.91. The molecule has 0 fully saturated rings. The number of hydrogen-bond acceptors (Lipinski definition) is 2. The van der Waals surface area contributed by atoms with Crippen LogP contribution in [0.15, 0.2) is 0 Å². The molecule has 0 unspecified atom stereocenters. The monoisotopic (exact) mass is 176 g/mol. The van der Waals surface area contributed by atoms with Crippen LogP contribution < -0.4 is 11.5 Å². The molecule has 0 atom stereocenters. The Hall–Kier alpha value is 1.73. The molecule has 0 amide bonds. The maximum atomic E-state index is 4.90. The van der Waals surface area contributed by atoms with Gasteiger partial charge in [0.15, 0.2) is 0 Å². The molecule has 2 nitrogen and oxygen atoms in total. The van der Waals surface area contributed by atoms with E-state index in [1.165, 1.54) is 0 Å². The van der Waals surface area contributed by atoms with E-state index in [9.17, 15) is 0 Å². The van der Waals surface area contributed by atoms with E-state index in [4.69, 9.17) is 11.5 Å². The molecule has 0 aromatic carbocycles. The standard InChI is InChI=1S/C2H8N2.ClH.Fe.Na.H/c3-1-2-4;;;;/h1-4H2;1H;;;. The fourth-order valence-electron chi connectivity index (χ4n) is 0. The van der Waals surface area contributed by atoms with Gasteiger partial charge in [-0.05, 0) is 0 Å². The summed E-state index contributed by atoms with van der Waals surface area (Å²) < 4.78 is 0. The Kier molecular flexibility index (Phi) is 83.8. The van der Waals surface area contributed by atoms with Gasteiger partial charge in [-0.1, -0.05) is 0 Å². The van der Waals surface area contributed by atoms with Crippen molar-refractivity contribution in [2.24, 2.45) is 11.5 Å². The van der Waals surface area contributed by atoms with Gasteiger partial charge in [0.2, 0.25) is 0 Å². The summed E-state index contributed by atoms with van der Waals surface area (Å²) in [5, 5.41) is 0. The van der Waals surface area contributed by atoms with Gasteiger partial charge in [0.25, 0.3) is 0 Å². The maximum absolute atomic E-state index is 4.90. The van der Waals surface area contributed by atoms with Crippen molar-refractivity contribution in [2.45, 2.75) is 0 Å². The molecule has 0 radical (unpaired) electrons. The number of nitrogens with two attached hydrogens (primary N) is 2. The van der Waals surface area contributed by atoms with Crippen molar-refractivity contribution in [1.29, 1.82) is 0 Å². The first kappa shape index (κ1) is 23.3. The van der Waals surface area contributed by atoms with E-state index >= 15 is 0 Å². The first-order valence-corrected chi connectivity index (χ1v) is 1.32. The Labute approximate surface area is 82.9 Å². The molecule has 0 saturated heterocycles. The Morgan fingerprint density at radius 1 is 1.00 bits per heavy atom. The van der Waals surface area contributed by atoms with Gasteiger partial charge in [-0.15, -0.1) is 12.4 Å². The summed E-state index contributed by atoms with van der Waals surface area (Å²) in [5.41, 5.74) is 9.81. The van der Waals surface area contributed by atoms with Gasteiger partial charge in [-0.3, -0.25) is 0 Å². The SMILES string of the molecule is Cl.NCCN.[Fe].[NaH]. The molecule has 5 heteroatoms. The van der Waals surface area contributed by atoms with E-state index in [0.29, 0.717) is 13.1 Å². The van der Waals surface area contributed by atoms with Gasteiger partial charge >= 0.3 is 29.6 Å². The van der Waals surface area contributed by atoms with Crippen molar-refractivity contribution in [2.75, 3.05) is 13.1 Å². The van der Waals surface area contributed by atoms with Gasteiger partial charge in [0.05, 0.1) is 0 Å². The van der Waals surface area contributed by atoms with Crippen molar-refractivity contribution >= 4 is 42.0 Å². The molecule has 44 valence electrons. The molecule has 0 rings (SSSR count). The van der Waals surface area contributed by atoms with Crippen LogP contribution in [0.4, 0.5) is 0 Å². The summed E-state index contributed by atoms with van der Waals surface area (Å²) in [5.74, 6) is 0. The summed E-state index contributed by atoms with van der Waals surface area (Å²) in [6.07, 6.45) is 0. The van der Waals surface area contributed by atoms with E-state index in [1.807, 2.05) is 0 Å². The van der Waals surface area contributed by atoms with E-state index in [-0.39, 0.29) is 59.0 Å². The Bertz CT molecular complexity index is 17.7. The van der Waals surface area contributed by atoms with E-state index in [0.717, 1.165) is 0 Å². The van der Waals surface area contributed by atoms with Crippen molar-refractivity contribution in [3.63, 3.8) is 0 Å². The van der Waals surface area contributed by atoms with Crippen molar-refractivity contribution in [3.8, 4) is 0 Å². The third-order valence-corrected chi connectivity index (χ3v) is 0.167. The number of halogens is 1. The van der Waals surface area contributed by atoms with Crippen molar-refractivity contribution < 1.29 is 17.1 Å². The van der Waals surface area contributed by atoms with Crippen LogP contribution in [-0.4, -0.2) is 42.6 Å².